The maximum absolute atomic E-state index is 12.3. The average molecular weight is 314 g/mol. The molecule has 1 rings (SSSR count). The standard InChI is InChI=1S/C14H22N2O4S/c1-8(2)16(13(19)20-14(4,5)6)10(12(17)18)11-15-9(3)7-21-11/h7-8,10H,1-6H3,(H,17,18). The molecule has 1 unspecified atom stereocenters. The normalized spacial score (nSPS) is 13.1. The summed E-state index contributed by atoms with van der Waals surface area (Å²) in [5, 5.41) is 11.7. The fraction of sp³-hybridized carbons (Fsp3) is 0.643. The molecule has 1 N–H and O–H groups in total. The van der Waals surface area contributed by atoms with Crippen LogP contribution >= 0.6 is 11.3 Å². The molecule has 0 aliphatic rings. The van der Waals surface area contributed by atoms with Crippen LogP contribution in [0, 0.1) is 6.92 Å². The first-order valence-electron chi connectivity index (χ1n) is 6.69. The van der Waals surface area contributed by atoms with Crippen LogP contribution in [-0.4, -0.2) is 38.7 Å². The van der Waals surface area contributed by atoms with Gasteiger partial charge in [-0.3, -0.25) is 4.90 Å². The Kier molecular flexibility index (Phi) is 5.33. The van der Waals surface area contributed by atoms with Crippen LogP contribution in [-0.2, 0) is 9.53 Å². The monoisotopic (exact) mass is 314 g/mol. The zero-order valence-electron chi connectivity index (χ0n) is 13.2. The Balaban J connectivity index is 3.16. The molecule has 0 radical (unpaired) electrons. The van der Waals surface area contributed by atoms with Gasteiger partial charge in [-0.2, -0.15) is 0 Å². The first kappa shape index (κ1) is 17.4. The molecule has 6 nitrogen and oxygen atoms in total. The summed E-state index contributed by atoms with van der Waals surface area (Å²) in [6, 6.07) is -1.47. The van der Waals surface area contributed by atoms with E-state index in [1.165, 1.54) is 16.2 Å². The van der Waals surface area contributed by atoms with Crippen molar-refractivity contribution in [1.29, 1.82) is 0 Å². The highest BCUT2D eigenvalue weighted by atomic mass is 32.1. The number of carbonyl (C=O) groups excluding carboxylic acids is 1. The summed E-state index contributed by atoms with van der Waals surface area (Å²) in [6.45, 7) is 10.5. The molecule has 0 aliphatic heterocycles. The van der Waals surface area contributed by atoms with E-state index in [4.69, 9.17) is 4.74 Å². The summed E-state index contributed by atoms with van der Waals surface area (Å²) in [5.74, 6) is -1.12. The zero-order valence-corrected chi connectivity index (χ0v) is 14.0. The van der Waals surface area contributed by atoms with Crippen LogP contribution in [0.1, 0.15) is 51.4 Å². The van der Waals surface area contributed by atoms with E-state index in [0.29, 0.717) is 5.01 Å². The van der Waals surface area contributed by atoms with Crippen LogP contribution in [0.25, 0.3) is 0 Å². The summed E-state index contributed by atoms with van der Waals surface area (Å²) >= 11 is 1.23. The third-order valence-corrected chi connectivity index (χ3v) is 3.56. The molecule has 1 heterocycles. The molecule has 7 heteroatoms. The number of thiazole rings is 1. The fourth-order valence-corrected chi connectivity index (χ4v) is 2.65. The van der Waals surface area contributed by atoms with Crippen molar-refractivity contribution >= 4 is 23.4 Å². The van der Waals surface area contributed by atoms with Gasteiger partial charge in [0, 0.05) is 17.1 Å². The van der Waals surface area contributed by atoms with Gasteiger partial charge in [-0.25, -0.2) is 14.6 Å². The maximum Gasteiger partial charge on any atom is 0.411 e. The van der Waals surface area contributed by atoms with Crippen molar-refractivity contribution in [2.45, 2.75) is 59.2 Å². The molecule has 0 aliphatic carbocycles. The van der Waals surface area contributed by atoms with Crippen molar-refractivity contribution < 1.29 is 19.4 Å². The number of ether oxygens (including phenoxy) is 1. The van der Waals surface area contributed by atoms with Gasteiger partial charge in [0.25, 0.3) is 0 Å². The van der Waals surface area contributed by atoms with Crippen LogP contribution in [0.4, 0.5) is 4.79 Å². The third-order valence-electron chi connectivity index (χ3n) is 2.54. The second-order valence-corrected chi connectivity index (χ2v) is 6.94. The topological polar surface area (TPSA) is 79.7 Å². The van der Waals surface area contributed by atoms with Crippen LogP contribution < -0.4 is 0 Å². The van der Waals surface area contributed by atoms with Crippen molar-refractivity contribution in [2.24, 2.45) is 0 Å². The fourth-order valence-electron chi connectivity index (χ4n) is 1.77. The van der Waals surface area contributed by atoms with Crippen molar-refractivity contribution in [3.63, 3.8) is 0 Å². The predicted octanol–water partition coefficient (Wildman–Crippen LogP) is 3.22. The number of amides is 1. The molecular formula is C14H22N2O4S. The van der Waals surface area contributed by atoms with E-state index < -0.39 is 23.7 Å². The minimum atomic E-state index is -1.14. The van der Waals surface area contributed by atoms with Crippen LogP contribution in [0.5, 0.6) is 0 Å². The predicted molar refractivity (Wildman–Crippen MR) is 80.4 cm³/mol. The van der Waals surface area contributed by atoms with Gasteiger partial charge in [0.2, 0.25) is 0 Å². The lowest BCUT2D eigenvalue weighted by molar-refractivity contribution is -0.144. The number of hydrogen-bond donors (Lipinski definition) is 1. The first-order valence-corrected chi connectivity index (χ1v) is 7.57. The number of hydrogen-bond acceptors (Lipinski definition) is 5. The maximum atomic E-state index is 12.3. The van der Waals surface area contributed by atoms with Gasteiger partial charge in [-0.15, -0.1) is 11.3 Å². The Morgan fingerprint density at radius 1 is 1.38 bits per heavy atom. The summed E-state index contributed by atoms with van der Waals surface area (Å²) in [4.78, 5) is 29.4. The molecule has 1 aromatic rings. The minimum Gasteiger partial charge on any atom is -0.479 e. The van der Waals surface area contributed by atoms with Gasteiger partial charge < -0.3 is 9.84 Å². The Bertz CT molecular complexity index is 519. The van der Waals surface area contributed by atoms with E-state index in [2.05, 4.69) is 4.98 Å². The first-order chi connectivity index (χ1) is 9.53. The molecule has 1 aromatic heterocycles. The van der Waals surface area contributed by atoms with Gasteiger partial charge in [0.05, 0.1) is 0 Å². The number of carboxylic acids is 1. The van der Waals surface area contributed by atoms with Crippen LogP contribution in [0.3, 0.4) is 0 Å². The molecule has 0 fully saturated rings. The number of rotatable bonds is 4. The highest BCUT2D eigenvalue weighted by molar-refractivity contribution is 7.09. The molecule has 118 valence electrons. The summed E-state index contributed by atoms with van der Waals surface area (Å²) in [6.07, 6.45) is -0.655. The van der Waals surface area contributed by atoms with Crippen LogP contribution in [0.15, 0.2) is 5.38 Å². The second-order valence-electron chi connectivity index (χ2n) is 6.05. The lowest BCUT2D eigenvalue weighted by Crippen LogP contribution is -2.45. The number of aryl methyl sites for hydroxylation is 1. The molecule has 0 saturated heterocycles. The highest BCUT2D eigenvalue weighted by Gasteiger charge is 2.37. The lowest BCUT2D eigenvalue weighted by atomic mass is 10.2. The molecular weight excluding hydrogens is 292 g/mol. The summed E-state index contributed by atoms with van der Waals surface area (Å²) < 4.78 is 5.32. The van der Waals surface area contributed by atoms with E-state index >= 15 is 0 Å². The third kappa shape index (κ3) is 4.70. The van der Waals surface area contributed by atoms with Crippen LogP contribution in [0.2, 0.25) is 0 Å². The number of carboxylic acid groups (broad SMARTS) is 1. The van der Waals surface area contributed by atoms with E-state index in [-0.39, 0.29) is 6.04 Å². The number of aromatic nitrogens is 1. The van der Waals surface area contributed by atoms with Crippen molar-refractivity contribution in [1.82, 2.24) is 9.88 Å². The lowest BCUT2D eigenvalue weighted by Gasteiger charge is -2.33. The van der Waals surface area contributed by atoms with Crippen molar-refractivity contribution in [2.75, 3.05) is 0 Å². The van der Waals surface area contributed by atoms with Crippen molar-refractivity contribution in [3.05, 3.63) is 16.1 Å². The number of carbonyl (C=O) groups is 2. The molecule has 1 amide bonds. The SMILES string of the molecule is Cc1csc(C(C(=O)O)N(C(=O)OC(C)(C)C)C(C)C)n1. The van der Waals surface area contributed by atoms with E-state index in [0.717, 1.165) is 5.69 Å². The molecule has 0 spiro atoms. The zero-order chi connectivity index (χ0) is 16.4. The number of nitrogens with zero attached hydrogens (tertiary/aromatic N) is 2. The van der Waals surface area contributed by atoms with E-state index in [1.54, 1.807) is 46.9 Å². The van der Waals surface area contributed by atoms with Gasteiger partial charge in [-0.05, 0) is 41.5 Å². The Morgan fingerprint density at radius 2 is 1.95 bits per heavy atom. The van der Waals surface area contributed by atoms with Gasteiger partial charge in [-0.1, -0.05) is 0 Å². The summed E-state index contributed by atoms with van der Waals surface area (Å²) in [5.41, 5.74) is 0.0423. The molecule has 0 aromatic carbocycles. The molecule has 0 saturated carbocycles. The van der Waals surface area contributed by atoms with Gasteiger partial charge >= 0.3 is 12.1 Å². The smallest absolute Gasteiger partial charge is 0.411 e. The summed E-state index contributed by atoms with van der Waals surface area (Å²) in [7, 11) is 0. The molecule has 1 atom stereocenters. The van der Waals surface area contributed by atoms with E-state index in [9.17, 15) is 14.7 Å². The second kappa shape index (κ2) is 6.43. The van der Waals surface area contributed by atoms with E-state index in [1.807, 2.05) is 0 Å². The average Bonchev–Trinajstić information content (AvgIpc) is 2.68. The quantitative estimate of drug-likeness (QED) is 0.923. The largest absolute Gasteiger partial charge is 0.479 e. The van der Waals surface area contributed by atoms with Crippen molar-refractivity contribution in [3.8, 4) is 0 Å². The Morgan fingerprint density at radius 3 is 2.29 bits per heavy atom. The van der Waals surface area contributed by atoms with Gasteiger partial charge in [0.1, 0.15) is 10.6 Å². The Labute approximate surface area is 128 Å². The van der Waals surface area contributed by atoms with Gasteiger partial charge in [0.15, 0.2) is 6.04 Å². The molecule has 0 bridgehead atoms. The number of aliphatic carboxylic acids is 1. The highest BCUT2D eigenvalue weighted by Crippen LogP contribution is 2.28. The molecule has 21 heavy (non-hydrogen) atoms. The Hall–Kier alpha value is -1.63. The minimum absolute atomic E-state index is 0.329.